The Hall–Kier alpha value is -3.80. The molecule has 4 aromatic carbocycles. The minimum absolute atomic E-state index is 0.317. The van der Waals surface area contributed by atoms with Gasteiger partial charge in [0.2, 0.25) is 0 Å². The van der Waals surface area contributed by atoms with Crippen LogP contribution < -0.4 is 0 Å². The fourth-order valence-corrected chi connectivity index (χ4v) is 3.33. The van der Waals surface area contributed by atoms with Gasteiger partial charge in [0.15, 0.2) is 34.8 Å². The molecule has 0 aromatic heterocycles. The molecule has 4 rings (SSSR count). The molecule has 4 aromatic rings. The largest absolute Gasteiger partial charge is 0.503 e. The molecule has 0 bridgehead atoms. The molecule has 0 aliphatic heterocycles. The Morgan fingerprint density at radius 1 is 0.452 bits per heavy atom. The lowest BCUT2D eigenvalue weighted by molar-refractivity contribution is 0.396. The molecule has 156 valence electrons. The van der Waals surface area contributed by atoms with Gasteiger partial charge in [-0.3, -0.25) is 0 Å². The minimum atomic E-state index is -1.02. The maximum atomic E-state index is 13.6. The summed E-state index contributed by atoms with van der Waals surface area (Å²) in [4.78, 5) is 0. The summed E-state index contributed by atoms with van der Waals surface area (Å²) in [6.07, 6.45) is 0.581. The van der Waals surface area contributed by atoms with Crippen LogP contribution in [0, 0.1) is 23.3 Å². The van der Waals surface area contributed by atoms with Crippen molar-refractivity contribution in [3.63, 3.8) is 0 Å². The lowest BCUT2D eigenvalue weighted by Gasteiger charge is -2.08. The quantitative estimate of drug-likeness (QED) is 0.363. The first-order chi connectivity index (χ1) is 14.8. The van der Waals surface area contributed by atoms with E-state index in [-0.39, 0.29) is 0 Å². The molecule has 0 atom stereocenters. The first-order valence-corrected chi connectivity index (χ1v) is 9.36. The van der Waals surface area contributed by atoms with Crippen LogP contribution in [0.2, 0.25) is 0 Å². The highest BCUT2D eigenvalue weighted by molar-refractivity contribution is 5.66. The molecule has 6 heteroatoms. The summed E-state index contributed by atoms with van der Waals surface area (Å²) >= 11 is 0. The number of hydrogen-bond donors (Lipinski definition) is 2. The van der Waals surface area contributed by atoms with Gasteiger partial charge in [-0.25, -0.2) is 17.6 Å². The van der Waals surface area contributed by atoms with Crippen LogP contribution in [0.5, 0.6) is 11.5 Å². The van der Waals surface area contributed by atoms with Crippen LogP contribution in [0.25, 0.3) is 22.3 Å². The van der Waals surface area contributed by atoms with Gasteiger partial charge in [0.1, 0.15) is 0 Å². The molecule has 0 saturated heterocycles. The summed E-state index contributed by atoms with van der Waals surface area (Å²) in [5, 5.41) is 18.4. The first-order valence-electron chi connectivity index (χ1n) is 9.36. The molecular weight excluding hydrogens is 408 g/mol. The van der Waals surface area contributed by atoms with Gasteiger partial charge >= 0.3 is 0 Å². The van der Waals surface area contributed by atoms with Crippen LogP contribution in [0.4, 0.5) is 17.6 Å². The van der Waals surface area contributed by atoms with E-state index in [0.29, 0.717) is 28.7 Å². The van der Waals surface area contributed by atoms with Crippen molar-refractivity contribution in [2.45, 2.75) is 6.42 Å². The number of rotatable bonds is 4. The first kappa shape index (κ1) is 20.5. The summed E-state index contributed by atoms with van der Waals surface area (Å²) in [7, 11) is 0. The molecule has 0 radical (unpaired) electrons. The van der Waals surface area contributed by atoms with E-state index in [1.54, 1.807) is 24.3 Å². The van der Waals surface area contributed by atoms with E-state index < -0.39 is 34.8 Å². The molecule has 0 aliphatic carbocycles. The number of halogens is 4. The monoisotopic (exact) mass is 424 g/mol. The molecule has 0 amide bonds. The van der Waals surface area contributed by atoms with E-state index in [1.807, 2.05) is 24.3 Å². The third-order valence-electron chi connectivity index (χ3n) is 5.02. The normalized spacial score (nSPS) is 11.0. The van der Waals surface area contributed by atoms with E-state index >= 15 is 0 Å². The van der Waals surface area contributed by atoms with E-state index in [1.165, 1.54) is 0 Å². The fraction of sp³-hybridized carbons (Fsp3) is 0.0400. The number of hydrogen-bond acceptors (Lipinski definition) is 2. The zero-order chi connectivity index (χ0) is 22.1. The fourth-order valence-electron chi connectivity index (χ4n) is 3.33. The molecule has 2 nitrogen and oxygen atoms in total. The maximum absolute atomic E-state index is 13.6. The van der Waals surface area contributed by atoms with E-state index in [9.17, 15) is 27.8 Å². The minimum Gasteiger partial charge on any atom is -0.503 e. The van der Waals surface area contributed by atoms with Crippen molar-refractivity contribution in [3.05, 3.63) is 107 Å². The van der Waals surface area contributed by atoms with Gasteiger partial charge in [-0.05, 0) is 64.1 Å². The van der Waals surface area contributed by atoms with Gasteiger partial charge in [0.05, 0.1) is 0 Å². The zero-order valence-electron chi connectivity index (χ0n) is 16.0. The van der Waals surface area contributed by atoms with Crippen molar-refractivity contribution in [2.24, 2.45) is 0 Å². The van der Waals surface area contributed by atoms with Crippen molar-refractivity contribution in [2.75, 3.05) is 0 Å². The number of aromatic hydroxyl groups is 2. The Morgan fingerprint density at radius 2 is 0.742 bits per heavy atom. The second kappa shape index (κ2) is 8.14. The van der Waals surface area contributed by atoms with Crippen molar-refractivity contribution in [1.29, 1.82) is 0 Å². The average molecular weight is 424 g/mol. The molecule has 0 fully saturated rings. The van der Waals surface area contributed by atoms with Crippen LogP contribution in [-0.2, 0) is 6.42 Å². The summed E-state index contributed by atoms with van der Waals surface area (Å²) in [6.45, 7) is 0. The second-order valence-electron chi connectivity index (χ2n) is 7.15. The van der Waals surface area contributed by atoms with Crippen LogP contribution in [-0.4, -0.2) is 10.2 Å². The molecule has 2 N–H and O–H groups in total. The molecule has 0 heterocycles. The van der Waals surface area contributed by atoms with Crippen molar-refractivity contribution >= 4 is 0 Å². The molecular formula is C25H16F4O2. The Morgan fingerprint density at radius 3 is 1.03 bits per heavy atom. The highest BCUT2D eigenvalue weighted by atomic mass is 19.1. The Bertz CT molecular complexity index is 1100. The molecule has 0 unspecified atom stereocenters. The highest BCUT2D eigenvalue weighted by Crippen LogP contribution is 2.30. The SMILES string of the molecule is Oc1c(F)cc(-c2ccc(Cc3ccc(-c4cc(F)c(O)c(F)c4)cc3)cc2)cc1F. The average Bonchev–Trinajstić information content (AvgIpc) is 2.76. The Kier molecular flexibility index (Phi) is 5.38. The van der Waals surface area contributed by atoms with E-state index in [4.69, 9.17) is 0 Å². The Balaban J connectivity index is 1.51. The van der Waals surface area contributed by atoms with Gasteiger partial charge in [-0.15, -0.1) is 0 Å². The number of benzene rings is 4. The zero-order valence-corrected chi connectivity index (χ0v) is 16.0. The van der Waals surface area contributed by atoms with Crippen LogP contribution >= 0.6 is 0 Å². The second-order valence-corrected chi connectivity index (χ2v) is 7.15. The molecule has 0 spiro atoms. The molecule has 0 saturated carbocycles. The van der Waals surface area contributed by atoms with E-state index in [2.05, 4.69) is 0 Å². The molecule has 0 aliphatic rings. The van der Waals surface area contributed by atoms with E-state index in [0.717, 1.165) is 35.4 Å². The van der Waals surface area contributed by atoms with Gasteiger partial charge in [-0.1, -0.05) is 48.5 Å². The molecule has 31 heavy (non-hydrogen) atoms. The van der Waals surface area contributed by atoms with Gasteiger partial charge in [-0.2, -0.15) is 0 Å². The topological polar surface area (TPSA) is 40.5 Å². The third kappa shape index (κ3) is 4.23. The summed E-state index contributed by atoms with van der Waals surface area (Å²) in [6, 6.07) is 18.5. The third-order valence-corrected chi connectivity index (χ3v) is 5.02. The van der Waals surface area contributed by atoms with Gasteiger partial charge in [0, 0.05) is 0 Å². The standard InChI is InChI=1S/C25H16F4O2/c26-20-10-18(11-21(27)24(20)30)16-5-1-14(2-6-16)9-15-3-7-17(8-4-15)19-12-22(28)25(31)23(29)13-19/h1-8,10-13,30-31H,9H2. The Labute approximate surface area is 175 Å². The lowest BCUT2D eigenvalue weighted by Crippen LogP contribution is -1.91. The van der Waals surface area contributed by atoms with Crippen molar-refractivity contribution in [3.8, 4) is 33.8 Å². The predicted molar refractivity (Wildman–Crippen MR) is 110 cm³/mol. The summed E-state index contributed by atoms with van der Waals surface area (Å²) in [5.41, 5.74) is 3.76. The predicted octanol–water partition coefficient (Wildman–Crippen LogP) is 6.58. The van der Waals surface area contributed by atoms with Crippen LogP contribution in [0.3, 0.4) is 0 Å². The van der Waals surface area contributed by atoms with Crippen molar-refractivity contribution in [1.82, 2.24) is 0 Å². The summed E-state index contributed by atoms with van der Waals surface area (Å²) < 4.78 is 54.3. The number of phenolic OH excluding ortho intramolecular Hbond substituents is 2. The maximum Gasteiger partial charge on any atom is 0.187 e. The summed E-state index contributed by atoms with van der Waals surface area (Å²) in [5.74, 6) is -6.08. The van der Waals surface area contributed by atoms with Gasteiger partial charge in [0.25, 0.3) is 0 Å². The highest BCUT2D eigenvalue weighted by Gasteiger charge is 2.12. The smallest absolute Gasteiger partial charge is 0.187 e. The van der Waals surface area contributed by atoms with Crippen LogP contribution in [0.15, 0.2) is 72.8 Å². The van der Waals surface area contributed by atoms with Crippen molar-refractivity contribution < 1.29 is 27.8 Å². The lowest BCUT2D eigenvalue weighted by atomic mass is 9.98. The van der Waals surface area contributed by atoms with Gasteiger partial charge < -0.3 is 10.2 Å². The van der Waals surface area contributed by atoms with Crippen LogP contribution in [0.1, 0.15) is 11.1 Å². The number of phenols is 2.